The standard InChI is InChI=1S/C27H45NO2/c1-21-23(3)28(30)25(22(2)26(21)29)13-11-9-7-5-4-6-8-10-12-17-27-18-14-24(15-19-27)16-20-27/h24,30H,4-20H2,1-3H3. The van der Waals surface area contributed by atoms with Gasteiger partial charge in [-0.25, -0.2) is 0 Å². The van der Waals surface area contributed by atoms with Gasteiger partial charge in [0.05, 0.1) is 11.4 Å². The summed E-state index contributed by atoms with van der Waals surface area (Å²) in [5, 5.41) is 10.3. The minimum atomic E-state index is 0.0866. The number of pyridine rings is 1. The van der Waals surface area contributed by atoms with E-state index >= 15 is 0 Å². The molecule has 3 aliphatic rings. The molecule has 170 valence electrons. The molecule has 3 fully saturated rings. The van der Waals surface area contributed by atoms with Crippen molar-refractivity contribution in [3.8, 4) is 0 Å². The summed E-state index contributed by atoms with van der Waals surface area (Å²) in [6.07, 6.45) is 23.4. The molecule has 0 unspecified atom stereocenters. The molecule has 0 aromatic carbocycles. The molecule has 3 aliphatic carbocycles. The zero-order chi connectivity index (χ0) is 21.6. The van der Waals surface area contributed by atoms with E-state index in [0.29, 0.717) is 16.8 Å². The van der Waals surface area contributed by atoms with Gasteiger partial charge >= 0.3 is 0 Å². The quantitative estimate of drug-likeness (QED) is 0.285. The van der Waals surface area contributed by atoms with Crippen molar-refractivity contribution in [1.82, 2.24) is 4.73 Å². The van der Waals surface area contributed by atoms with Gasteiger partial charge in [-0.2, -0.15) is 4.73 Å². The molecule has 0 saturated heterocycles. The fourth-order valence-corrected chi connectivity index (χ4v) is 6.13. The fraction of sp³-hybridized carbons (Fsp3) is 0.815. The lowest BCUT2D eigenvalue weighted by Crippen LogP contribution is -2.33. The Kier molecular flexibility index (Phi) is 8.48. The molecule has 0 radical (unpaired) electrons. The smallest absolute Gasteiger partial charge is 0.188 e. The topological polar surface area (TPSA) is 42.2 Å². The predicted molar refractivity (Wildman–Crippen MR) is 126 cm³/mol. The summed E-state index contributed by atoms with van der Waals surface area (Å²) in [6, 6.07) is 0. The Balaban J connectivity index is 1.21. The average Bonchev–Trinajstić information content (AvgIpc) is 2.78. The first-order chi connectivity index (χ1) is 14.4. The van der Waals surface area contributed by atoms with Crippen LogP contribution in [-0.4, -0.2) is 9.94 Å². The first kappa shape index (κ1) is 23.4. The number of unbranched alkanes of at least 4 members (excludes halogenated alkanes) is 8. The van der Waals surface area contributed by atoms with Gasteiger partial charge in [-0.3, -0.25) is 4.79 Å². The van der Waals surface area contributed by atoms with E-state index < -0.39 is 0 Å². The maximum absolute atomic E-state index is 12.2. The average molecular weight is 416 g/mol. The highest BCUT2D eigenvalue weighted by molar-refractivity contribution is 5.29. The molecule has 0 atom stereocenters. The second kappa shape index (κ2) is 10.9. The van der Waals surface area contributed by atoms with Crippen molar-refractivity contribution in [1.29, 1.82) is 0 Å². The summed E-state index contributed by atoms with van der Waals surface area (Å²) in [7, 11) is 0. The molecule has 2 bridgehead atoms. The van der Waals surface area contributed by atoms with Crippen LogP contribution in [0.5, 0.6) is 0 Å². The van der Waals surface area contributed by atoms with Crippen LogP contribution >= 0.6 is 0 Å². The summed E-state index contributed by atoms with van der Waals surface area (Å²) in [4.78, 5) is 12.2. The van der Waals surface area contributed by atoms with Gasteiger partial charge in [-0.15, -0.1) is 0 Å². The Bertz CT molecular complexity index is 726. The molecule has 3 saturated carbocycles. The molecule has 1 heterocycles. The number of fused-ring (bicyclic) bond motifs is 3. The molecule has 4 rings (SSSR count). The third-order valence-corrected chi connectivity index (χ3v) is 8.60. The van der Waals surface area contributed by atoms with E-state index in [-0.39, 0.29) is 5.43 Å². The highest BCUT2D eigenvalue weighted by atomic mass is 16.5. The highest BCUT2D eigenvalue weighted by Crippen LogP contribution is 2.52. The van der Waals surface area contributed by atoms with E-state index in [0.717, 1.165) is 29.9 Å². The summed E-state index contributed by atoms with van der Waals surface area (Å²) < 4.78 is 1.24. The summed E-state index contributed by atoms with van der Waals surface area (Å²) >= 11 is 0. The lowest BCUT2D eigenvalue weighted by atomic mass is 9.59. The summed E-state index contributed by atoms with van der Waals surface area (Å²) in [5.41, 5.74) is 3.70. The van der Waals surface area contributed by atoms with Crippen molar-refractivity contribution >= 4 is 0 Å². The third-order valence-electron chi connectivity index (χ3n) is 8.60. The molecule has 0 amide bonds. The Morgan fingerprint density at radius 3 is 1.87 bits per heavy atom. The maximum Gasteiger partial charge on any atom is 0.188 e. The molecule has 0 aliphatic heterocycles. The van der Waals surface area contributed by atoms with Gasteiger partial charge in [0, 0.05) is 11.1 Å². The van der Waals surface area contributed by atoms with E-state index in [9.17, 15) is 10.0 Å². The minimum absolute atomic E-state index is 0.0866. The van der Waals surface area contributed by atoms with Gasteiger partial charge < -0.3 is 5.21 Å². The highest BCUT2D eigenvalue weighted by Gasteiger charge is 2.39. The van der Waals surface area contributed by atoms with E-state index in [1.54, 1.807) is 6.92 Å². The predicted octanol–water partition coefficient (Wildman–Crippen LogP) is 7.42. The molecule has 1 N–H and O–H groups in total. The van der Waals surface area contributed by atoms with E-state index in [2.05, 4.69) is 0 Å². The molecule has 3 nitrogen and oxygen atoms in total. The van der Waals surface area contributed by atoms with Crippen LogP contribution in [-0.2, 0) is 6.42 Å². The zero-order valence-corrected chi connectivity index (χ0v) is 19.9. The first-order valence-electron chi connectivity index (χ1n) is 12.8. The number of aromatic nitrogens is 1. The van der Waals surface area contributed by atoms with Crippen LogP contribution < -0.4 is 5.43 Å². The van der Waals surface area contributed by atoms with Crippen LogP contribution in [0, 0.1) is 32.1 Å². The van der Waals surface area contributed by atoms with E-state index in [4.69, 9.17) is 0 Å². The Labute approximate surface area is 184 Å². The van der Waals surface area contributed by atoms with Gasteiger partial charge in [-0.05, 0) is 89.9 Å². The normalized spacial score (nSPS) is 23.2. The van der Waals surface area contributed by atoms with Crippen LogP contribution in [0.3, 0.4) is 0 Å². The Morgan fingerprint density at radius 2 is 1.30 bits per heavy atom. The lowest BCUT2D eigenvalue weighted by molar-refractivity contribution is 0.0540. The lowest BCUT2D eigenvalue weighted by Gasteiger charge is -2.47. The van der Waals surface area contributed by atoms with Crippen molar-refractivity contribution in [2.45, 2.75) is 130 Å². The van der Waals surface area contributed by atoms with Crippen molar-refractivity contribution in [3.63, 3.8) is 0 Å². The largest absolute Gasteiger partial charge is 0.428 e. The fourth-order valence-electron chi connectivity index (χ4n) is 6.13. The molecular formula is C27H45NO2. The Hall–Kier alpha value is -1.25. The maximum atomic E-state index is 12.2. The van der Waals surface area contributed by atoms with Crippen molar-refractivity contribution in [3.05, 3.63) is 32.7 Å². The molecule has 30 heavy (non-hydrogen) atoms. The third kappa shape index (κ3) is 5.71. The van der Waals surface area contributed by atoms with Crippen molar-refractivity contribution < 1.29 is 5.21 Å². The summed E-state index contributed by atoms with van der Waals surface area (Å²) in [5.74, 6) is 1.09. The molecular weight excluding hydrogens is 370 g/mol. The number of nitrogens with zero attached hydrogens (tertiary/aromatic N) is 1. The number of hydrogen-bond donors (Lipinski definition) is 1. The minimum Gasteiger partial charge on any atom is -0.428 e. The molecule has 0 spiro atoms. The number of rotatable bonds is 12. The molecule has 1 aromatic heterocycles. The number of hydrogen-bond acceptors (Lipinski definition) is 2. The van der Waals surface area contributed by atoms with Crippen LogP contribution in [0.1, 0.15) is 125 Å². The van der Waals surface area contributed by atoms with Crippen LogP contribution in [0.4, 0.5) is 0 Å². The summed E-state index contributed by atoms with van der Waals surface area (Å²) in [6.45, 7) is 5.45. The SMILES string of the molecule is Cc1c(C)n(O)c(CCCCCCCCCCCC23CCC(CC2)CC3)c(C)c1=O. The van der Waals surface area contributed by atoms with Crippen LogP contribution in [0.15, 0.2) is 4.79 Å². The van der Waals surface area contributed by atoms with Crippen LogP contribution in [0.2, 0.25) is 0 Å². The zero-order valence-electron chi connectivity index (χ0n) is 19.9. The van der Waals surface area contributed by atoms with Gasteiger partial charge in [-0.1, -0.05) is 51.4 Å². The van der Waals surface area contributed by atoms with E-state index in [1.807, 2.05) is 13.8 Å². The molecule has 1 aromatic rings. The van der Waals surface area contributed by atoms with Gasteiger partial charge in [0.2, 0.25) is 0 Å². The second-order valence-electron chi connectivity index (χ2n) is 10.6. The molecule has 3 heteroatoms. The monoisotopic (exact) mass is 415 g/mol. The Morgan fingerprint density at radius 1 is 0.800 bits per heavy atom. The second-order valence-corrected chi connectivity index (χ2v) is 10.6. The van der Waals surface area contributed by atoms with Crippen LogP contribution in [0.25, 0.3) is 0 Å². The van der Waals surface area contributed by atoms with Crippen molar-refractivity contribution in [2.75, 3.05) is 0 Å². The van der Waals surface area contributed by atoms with Gasteiger partial charge in [0.25, 0.3) is 0 Å². The van der Waals surface area contributed by atoms with Crippen molar-refractivity contribution in [2.24, 2.45) is 11.3 Å². The van der Waals surface area contributed by atoms with Gasteiger partial charge in [0.1, 0.15) is 0 Å². The first-order valence-corrected chi connectivity index (χ1v) is 12.8. The van der Waals surface area contributed by atoms with Gasteiger partial charge in [0.15, 0.2) is 5.43 Å². The van der Waals surface area contributed by atoms with E-state index in [1.165, 1.54) is 101 Å².